The number of nitrogens with one attached hydrogen (secondary N) is 1. The maximum absolute atomic E-state index is 12.3. The molecule has 0 aliphatic carbocycles. The van der Waals surface area contributed by atoms with Crippen LogP contribution in [0, 0.1) is 24.2 Å². The van der Waals surface area contributed by atoms with E-state index in [1.165, 1.54) is 4.90 Å². The quantitative estimate of drug-likeness (QED) is 0.920. The fraction of sp³-hybridized carbons (Fsp3) is 0.615. The summed E-state index contributed by atoms with van der Waals surface area (Å²) in [7, 11) is 0. The Labute approximate surface area is 120 Å². The van der Waals surface area contributed by atoms with Crippen LogP contribution >= 0.6 is 0 Å². The highest BCUT2D eigenvalue weighted by Gasteiger charge is 2.34. The maximum Gasteiger partial charge on any atom is 0.401 e. The molecule has 0 amide bonds. The van der Waals surface area contributed by atoms with E-state index in [4.69, 9.17) is 5.26 Å². The summed E-state index contributed by atoms with van der Waals surface area (Å²) in [4.78, 5) is 9.58. The van der Waals surface area contributed by atoms with Crippen LogP contribution in [0.3, 0.4) is 0 Å². The predicted molar refractivity (Wildman–Crippen MR) is 70.6 cm³/mol. The lowest BCUT2D eigenvalue weighted by Crippen LogP contribution is -2.33. The van der Waals surface area contributed by atoms with Crippen LogP contribution in [0.2, 0.25) is 0 Å². The zero-order valence-corrected chi connectivity index (χ0v) is 11.6. The molecule has 5 nitrogen and oxygen atoms in total. The van der Waals surface area contributed by atoms with Crippen molar-refractivity contribution in [1.29, 1.82) is 5.26 Å². The second-order valence-electron chi connectivity index (χ2n) is 5.22. The third-order valence-corrected chi connectivity index (χ3v) is 3.29. The van der Waals surface area contributed by atoms with Crippen LogP contribution in [-0.4, -0.2) is 47.2 Å². The minimum atomic E-state index is -4.15. The van der Waals surface area contributed by atoms with E-state index in [2.05, 4.69) is 15.3 Å². The van der Waals surface area contributed by atoms with Crippen LogP contribution in [0.15, 0.2) is 6.07 Å². The van der Waals surface area contributed by atoms with Crippen molar-refractivity contribution in [2.75, 3.05) is 31.5 Å². The van der Waals surface area contributed by atoms with Gasteiger partial charge in [-0.3, -0.25) is 4.90 Å². The summed E-state index contributed by atoms with van der Waals surface area (Å²) in [6, 6.07) is 3.52. The Balaban J connectivity index is 1.85. The van der Waals surface area contributed by atoms with Crippen LogP contribution in [-0.2, 0) is 0 Å². The maximum atomic E-state index is 12.3. The van der Waals surface area contributed by atoms with Crippen LogP contribution in [0.5, 0.6) is 0 Å². The molecule has 1 atom stereocenters. The van der Waals surface area contributed by atoms with Crippen molar-refractivity contribution in [2.45, 2.75) is 19.5 Å². The summed E-state index contributed by atoms with van der Waals surface area (Å²) in [5.41, 5.74) is 0.948. The van der Waals surface area contributed by atoms with E-state index in [-0.39, 0.29) is 11.6 Å². The number of likely N-dealkylation sites (tertiary alicyclic amines) is 1. The molecule has 0 aromatic carbocycles. The van der Waals surface area contributed by atoms with E-state index in [1.807, 2.05) is 6.07 Å². The number of anilines is 1. The van der Waals surface area contributed by atoms with Gasteiger partial charge < -0.3 is 5.32 Å². The van der Waals surface area contributed by atoms with Crippen molar-refractivity contribution in [3.63, 3.8) is 0 Å². The Morgan fingerprint density at radius 3 is 2.90 bits per heavy atom. The molecule has 8 heteroatoms. The second-order valence-corrected chi connectivity index (χ2v) is 5.22. The van der Waals surface area contributed by atoms with E-state index in [1.54, 1.807) is 13.0 Å². The van der Waals surface area contributed by atoms with Gasteiger partial charge in [0.25, 0.3) is 0 Å². The Hall–Kier alpha value is -1.88. The molecule has 0 saturated carbocycles. The average molecular weight is 299 g/mol. The third-order valence-electron chi connectivity index (χ3n) is 3.29. The minimum Gasteiger partial charge on any atom is -0.354 e. The molecule has 2 rings (SSSR count). The lowest BCUT2D eigenvalue weighted by Gasteiger charge is -2.18. The second kappa shape index (κ2) is 6.26. The molecule has 114 valence electrons. The highest BCUT2D eigenvalue weighted by atomic mass is 19.4. The number of alkyl halides is 3. The van der Waals surface area contributed by atoms with Gasteiger partial charge in [-0.15, -0.1) is 0 Å². The van der Waals surface area contributed by atoms with Crippen LogP contribution in [0.4, 0.5) is 19.1 Å². The van der Waals surface area contributed by atoms with Crippen molar-refractivity contribution in [2.24, 2.45) is 5.92 Å². The number of rotatable bonds is 4. The van der Waals surface area contributed by atoms with Gasteiger partial charge in [-0.2, -0.15) is 18.4 Å². The van der Waals surface area contributed by atoms with Gasteiger partial charge in [0.15, 0.2) is 0 Å². The van der Waals surface area contributed by atoms with E-state index in [0.29, 0.717) is 37.7 Å². The number of nitriles is 1. The van der Waals surface area contributed by atoms with Gasteiger partial charge in [-0.1, -0.05) is 0 Å². The molecule has 1 saturated heterocycles. The van der Waals surface area contributed by atoms with E-state index in [0.717, 1.165) is 0 Å². The number of nitrogens with zero attached hydrogens (tertiary/aromatic N) is 4. The summed E-state index contributed by atoms with van der Waals surface area (Å²) < 4.78 is 36.9. The third kappa shape index (κ3) is 4.86. The molecule has 0 radical (unpaired) electrons. The molecular formula is C13H16F3N5. The Morgan fingerprint density at radius 1 is 1.48 bits per heavy atom. The lowest BCUT2D eigenvalue weighted by atomic mass is 10.1. The predicted octanol–water partition coefficient (Wildman–Crippen LogP) is 1.95. The number of aryl methyl sites for hydroxylation is 1. The van der Waals surface area contributed by atoms with Crippen molar-refractivity contribution < 1.29 is 13.2 Å². The van der Waals surface area contributed by atoms with Gasteiger partial charge in [0.2, 0.25) is 5.95 Å². The molecule has 1 aliphatic rings. The SMILES string of the molecule is Cc1cc(C#N)nc(NCC2CCN(CC(F)(F)F)C2)n1. The Kier molecular flexibility index (Phi) is 4.63. The number of aromatic nitrogens is 2. The van der Waals surface area contributed by atoms with Crippen LogP contribution in [0.25, 0.3) is 0 Å². The standard InChI is InChI=1S/C13H16F3N5/c1-9-4-11(5-17)20-12(19-9)18-6-10-2-3-21(7-10)8-13(14,15)16/h4,10H,2-3,6-8H2,1H3,(H,18,19,20). The molecule has 21 heavy (non-hydrogen) atoms. The fourth-order valence-electron chi connectivity index (χ4n) is 2.42. The molecule has 1 aromatic rings. The number of hydrogen-bond acceptors (Lipinski definition) is 5. The van der Waals surface area contributed by atoms with Gasteiger partial charge in [0, 0.05) is 18.8 Å². The summed E-state index contributed by atoms with van der Waals surface area (Å²) in [6.45, 7) is 2.26. The first-order valence-electron chi connectivity index (χ1n) is 6.64. The number of hydrogen-bond donors (Lipinski definition) is 1. The zero-order chi connectivity index (χ0) is 15.5. The normalized spacial score (nSPS) is 19.5. The molecule has 1 aromatic heterocycles. The Morgan fingerprint density at radius 2 is 2.24 bits per heavy atom. The molecule has 2 heterocycles. The summed E-state index contributed by atoms with van der Waals surface area (Å²) >= 11 is 0. The number of halogens is 3. The van der Waals surface area contributed by atoms with Crippen molar-refractivity contribution in [3.8, 4) is 6.07 Å². The topological polar surface area (TPSA) is 64.8 Å². The van der Waals surface area contributed by atoms with E-state index < -0.39 is 12.7 Å². The monoisotopic (exact) mass is 299 g/mol. The largest absolute Gasteiger partial charge is 0.401 e. The zero-order valence-electron chi connectivity index (χ0n) is 11.6. The van der Waals surface area contributed by atoms with Gasteiger partial charge in [-0.05, 0) is 31.9 Å². The summed E-state index contributed by atoms with van der Waals surface area (Å²) in [5, 5.41) is 11.8. The molecule has 0 bridgehead atoms. The van der Waals surface area contributed by atoms with E-state index in [9.17, 15) is 13.2 Å². The van der Waals surface area contributed by atoms with Gasteiger partial charge in [0.1, 0.15) is 11.8 Å². The average Bonchev–Trinajstić information content (AvgIpc) is 2.81. The highest BCUT2D eigenvalue weighted by Crippen LogP contribution is 2.22. The minimum absolute atomic E-state index is 0.127. The summed E-state index contributed by atoms with van der Waals surface area (Å²) in [6.07, 6.45) is -3.44. The molecule has 0 spiro atoms. The first-order chi connectivity index (χ1) is 9.85. The molecule has 1 fully saturated rings. The first-order valence-corrected chi connectivity index (χ1v) is 6.64. The molecular weight excluding hydrogens is 283 g/mol. The van der Waals surface area contributed by atoms with Crippen molar-refractivity contribution in [1.82, 2.24) is 14.9 Å². The smallest absolute Gasteiger partial charge is 0.354 e. The van der Waals surface area contributed by atoms with Gasteiger partial charge in [-0.25, -0.2) is 9.97 Å². The lowest BCUT2D eigenvalue weighted by molar-refractivity contribution is -0.143. The van der Waals surface area contributed by atoms with E-state index >= 15 is 0 Å². The Bertz CT molecular complexity index is 538. The summed E-state index contributed by atoms with van der Waals surface area (Å²) in [5.74, 6) is 0.475. The molecule has 1 N–H and O–H groups in total. The van der Waals surface area contributed by atoms with Gasteiger partial charge >= 0.3 is 6.18 Å². The van der Waals surface area contributed by atoms with Crippen molar-refractivity contribution >= 4 is 5.95 Å². The fourth-order valence-corrected chi connectivity index (χ4v) is 2.42. The molecule has 1 aliphatic heterocycles. The highest BCUT2D eigenvalue weighted by molar-refractivity contribution is 5.33. The van der Waals surface area contributed by atoms with Crippen LogP contribution in [0.1, 0.15) is 17.8 Å². The van der Waals surface area contributed by atoms with Crippen molar-refractivity contribution in [3.05, 3.63) is 17.5 Å². The van der Waals surface area contributed by atoms with Crippen LogP contribution < -0.4 is 5.32 Å². The molecule has 1 unspecified atom stereocenters. The van der Waals surface area contributed by atoms with Gasteiger partial charge in [0.05, 0.1) is 6.54 Å². The first kappa shape index (κ1) is 15.5.